The predicted octanol–water partition coefficient (Wildman–Crippen LogP) is 10.1. The Kier molecular flexibility index (Phi) is 33.6. The van der Waals surface area contributed by atoms with Crippen LogP contribution in [0.15, 0.2) is 0 Å². The summed E-state index contributed by atoms with van der Waals surface area (Å²) in [5.41, 5.74) is 0. The van der Waals surface area contributed by atoms with E-state index < -0.39 is 44.3 Å². The van der Waals surface area contributed by atoms with Crippen molar-refractivity contribution in [3.63, 3.8) is 0 Å². The van der Waals surface area contributed by atoms with Gasteiger partial charge in [0.15, 0.2) is 20.0 Å². The molecule has 2 N–H and O–H groups in total. The molecule has 0 aliphatic heterocycles. The Morgan fingerprint density at radius 1 is 0.604 bits per heavy atom. The van der Waals surface area contributed by atoms with Crippen molar-refractivity contribution in [3.8, 4) is 0 Å². The van der Waals surface area contributed by atoms with Gasteiger partial charge in [0, 0.05) is 19.3 Å². The van der Waals surface area contributed by atoms with Crippen LogP contribution in [0.1, 0.15) is 207 Å². The highest BCUT2D eigenvalue weighted by Crippen LogP contribution is 2.46. The van der Waals surface area contributed by atoms with Crippen LogP contribution < -0.4 is 4.89 Å². The first kappa shape index (κ1) is 52.0. The molecule has 11 heteroatoms. The van der Waals surface area contributed by atoms with Gasteiger partial charge in [0.25, 0.3) is 0 Å². The fraction of sp³-hybridized carbons (Fsp3) is 0.952. The fourth-order valence-corrected chi connectivity index (χ4v) is 7.98. The number of hydrogen-bond acceptors (Lipinski definition) is 9. The van der Waals surface area contributed by atoms with Crippen molar-refractivity contribution in [2.75, 3.05) is 33.9 Å². The zero-order valence-corrected chi connectivity index (χ0v) is 35.9. The summed E-state index contributed by atoms with van der Waals surface area (Å²) in [6, 6.07) is 0. The Hall–Kier alpha value is -1.03. The van der Waals surface area contributed by atoms with Crippen LogP contribution in [-0.4, -0.2) is 78.7 Å². The van der Waals surface area contributed by atoms with Gasteiger partial charge in [-0.25, -0.2) is 0 Å². The second-order valence-electron chi connectivity index (χ2n) is 16.0. The lowest BCUT2D eigenvalue weighted by atomic mass is 10.0. The van der Waals surface area contributed by atoms with E-state index in [0.29, 0.717) is 6.42 Å². The number of aliphatic hydroxyl groups is 2. The summed E-state index contributed by atoms with van der Waals surface area (Å²) in [6.07, 6.45) is 29.2. The SMILES string of the molecule is CCCCCCCCCCCCCCCC(=O)OC[C@H](COP(=O)([O-])C(C)[N+](C)(C)CCC(O)O)OC(=O)CCCCCCCCCCCCCCC. The lowest BCUT2D eigenvalue weighted by Crippen LogP contribution is -2.50. The summed E-state index contributed by atoms with van der Waals surface area (Å²) in [6.45, 7) is 5.46. The molecule has 3 atom stereocenters. The Bertz CT molecular complexity index is 917. The molecule has 0 aromatic heterocycles. The average molecular weight is 778 g/mol. The molecular formula is C42H84NO9P. The number of unbranched alkanes of at least 4 members (excludes halogenated alkanes) is 24. The maximum atomic E-state index is 13.1. The van der Waals surface area contributed by atoms with E-state index in [1.165, 1.54) is 129 Å². The van der Waals surface area contributed by atoms with Gasteiger partial charge in [-0.2, -0.15) is 0 Å². The minimum Gasteiger partial charge on any atom is -0.774 e. The molecule has 10 nitrogen and oxygen atoms in total. The molecule has 0 aliphatic carbocycles. The smallest absolute Gasteiger partial charge is 0.306 e. The van der Waals surface area contributed by atoms with Crippen LogP contribution in [0.5, 0.6) is 0 Å². The lowest BCUT2D eigenvalue weighted by molar-refractivity contribution is -0.902. The standard InChI is InChI=1S/C42H84NO9P/c1-6-8-10-12-14-16-18-20-22-24-26-28-30-32-41(46)50-36-39(37-51-53(48,49)38(3)43(4,5)35-34-40(44)45)52-42(47)33-31-29-27-25-23-21-19-17-15-13-11-9-7-2/h38-40,44-45H,6-37H2,1-5H3/t38?,39-/m1/s1. The second kappa shape index (κ2) is 34.2. The molecule has 0 saturated carbocycles. The van der Waals surface area contributed by atoms with Crippen LogP contribution >= 0.6 is 7.60 Å². The molecule has 0 saturated heterocycles. The third-order valence-corrected chi connectivity index (χ3v) is 12.6. The predicted molar refractivity (Wildman–Crippen MR) is 214 cm³/mol. The molecule has 0 amide bonds. The first-order valence-electron chi connectivity index (χ1n) is 21.8. The second-order valence-corrected chi connectivity index (χ2v) is 18.1. The van der Waals surface area contributed by atoms with E-state index in [1.807, 2.05) is 0 Å². The van der Waals surface area contributed by atoms with Crippen LogP contribution in [0.25, 0.3) is 0 Å². The van der Waals surface area contributed by atoms with Crippen LogP contribution in [0.4, 0.5) is 0 Å². The van der Waals surface area contributed by atoms with Gasteiger partial charge in [0.1, 0.15) is 12.4 Å². The van der Waals surface area contributed by atoms with Gasteiger partial charge < -0.3 is 38.2 Å². The highest BCUT2D eigenvalue weighted by Gasteiger charge is 2.35. The minimum atomic E-state index is -4.48. The first-order valence-corrected chi connectivity index (χ1v) is 23.5. The van der Waals surface area contributed by atoms with Gasteiger partial charge in [-0.15, -0.1) is 0 Å². The number of quaternary nitrogens is 1. The number of hydrogen-bond donors (Lipinski definition) is 2. The summed E-state index contributed by atoms with van der Waals surface area (Å²) in [4.78, 5) is 38.4. The van der Waals surface area contributed by atoms with Crippen molar-refractivity contribution in [2.24, 2.45) is 0 Å². The van der Waals surface area contributed by atoms with E-state index in [2.05, 4.69) is 13.8 Å². The topological polar surface area (TPSA) is 142 Å². The summed E-state index contributed by atoms with van der Waals surface area (Å²) < 4.78 is 29.5. The zero-order valence-electron chi connectivity index (χ0n) is 35.0. The number of nitrogens with zero attached hydrogens (tertiary/aromatic N) is 1. The molecule has 0 spiro atoms. The van der Waals surface area contributed by atoms with E-state index in [0.717, 1.165) is 38.5 Å². The number of ether oxygens (including phenoxy) is 2. The molecule has 0 aromatic rings. The van der Waals surface area contributed by atoms with Crippen molar-refractivity contribution >= 4 is 19.5 Å². The first-order chi connectivity index (χ1) is 25.4. The summed E-state index contributed by atoms with van der Waals surface area (Å²) in [7, 11) is -1.13. The van der Waals surface area contributed by atoms with Gasteiger partial charge in [-0.1, -0.05) is 168 Å². The Labute approximate surface area is 325 Å². The molecule has 0 aliphatic rings. The molecule has 0 rings (SSSR count). The maximum Gasteiger partial charge on any atom is 0.306 e. The fourth-order valence-electron chi connectivity index (χ4n) is 6.51. The van der Waals surface area contributed by atoms with Crippen molar-refractivity contribution in [2.45, 2.75) is 225 Å². The Morgan fingerprint density at radius 3 is 1.34 bits per heavy atom. The number of carbonyl (C=O) groups is 2. The number of esters is 2. The van der Waals surface area contributed by atoms with Crippen molar-refractivity contribution < 1.29 is 47.7 Å². The average Bonchev–Trinajstić information content (AvgIpc) is 3.12. The van der Waals surface area contributed by atoms with Crippen LogP contribution in [0, 0.1) is 0 Å². The zero-order chi connectivity index (χ0) is 39.6. The molecule has 0 bridgehead atoms. The van der Waals surface area contributed by atoms with Crippen molar-refractivity contribution in [3.05, 3.63) is 0 Å². The summed E-state index contributed by atoms with van der Waals surface area (Å²) in [5, 5.41) is 18.5. The number of carbonyl (C=O) groups excluding carboxylic acids is 2. The summed E-state index contributed by atoms with van der Waals surface area (Å²) in [5.74, 6) is -1.86. The van der Waals surface area contributed by atoms with Gasteiger partial charge in [0.2, 0.25) is 0 Å². The van der Waals surface area contributed by atoms with Crippen molar-refractivity contribution in [1.29, 1.82) is 0 Å². The molecule has 0 heterocycles. The highest BCUT2D eigenvalue weighted by atomic mass is 31.2. The number of aliphatic hydroxyl groups excluding tert-OH is 1. The van der Waals surface area contributed by atoms with E-state index >= 15 is 0 Å². The molecule has 0 fully saturated rings. The van der Waals surface area contributed by atoms with Gasteiger partial charge in [0.05, 0.1) is 27.2 Å². The van der Waals surface area contributed by atoms with E-state index in [-0.39, 0.29) is 36.9 Å². The molecule has 53 heavy (non-hydrogen) atoms. The molecular weight excluding hydrogens is 693 g/mol. The van der Waals surface area contributed by atoms with Gasteiger partial charge in [-0.3, -0.25) is 9.59 Å². The van der Waals surface area contributed by atoms with Gasteiger partial charge >= 0.3 is 11.9 Å². The lowest BCUT2D eigenvalue weighted by Gasteiger charge is -2.42. The van der Waals surface area contributed by atoms with E-state index in [4.69, 9.17) is 14.0 Å². The number of rotatable bonds is 39. The maximum absolute atomic E-state index is 13.1. The van der Waals surface area contributed by atoms with Crippen LogP contribution in [0.2, 0.25) is 0 Å². The third-order valence-electron chi connectivity index (χ3n) is 10.6. The third kappa shape index (κ3) is 31.8. The molecule has 2 unspecified atom stereocenters. The monoisotopic (exact) mass is 778 g/mol. The minimum absolute atomic E-state index is 0.00593. The largest absolute Gasteiger partial charge is 0.774 e. The van der Waals surface area contributed by atoms with Crippen LogP contribution in [-0.2, 0) is 28.2 Å². The summed E-state index contributed by atoms with van der Waals surface area (Å²) >= 11 is 0. The highest BCUT2D eigenvalue weighted by molar-refractivity contribution is 7.51. The Balaban J connectivity index is 4.64. The Morgan fingerprint density at radius 2 is 0.962 bits per heavy atom. The van der Waals surface area contributed by atoms with Crippen molar-refractivity contribution in [1.82, 2.24) is 0 Å². The quantitative estimate of drug-likeness (QED) is 0.0205. The van der Waals surface area contributed by atoms with Crippen LogP contribution in [0.3, 0.4) is 0 Å². The molecule has 0 radical (unpaired) electrons. The van der Waals surface area contributed by atoms with E-state index in [9.17, 15) is 29.3 Å². The molecule has 0 aromatic carbocycles. The normalized spacial score (nSPS) is 14.3. The molecule has 316 valence electrons. The van der Waals surface area contributed by atoms with Gasteiger partial charge in [-0.05, 0) is 19.8 Å². The van der Waals surface area contributed by atoms with E-state index in [1.54, 1.807) is 14.1 Å².